The Bertz CT molecular complexity index is 927. The van der Waals surface area contributed by atoms with E-state index in [0.717, 1.165) is 17.1 Å². The zero-order valence-corrected chi connectivity index (χ0v) is 15.1. The molecule has 27 heavy (non-hydrogen) atoms. The van der Waals surface area contributed by atoms with Gasteiger partial charge in [-0.3, -0.25) is 4.79 Å². The molecular weight excluding hydrogens is 345 g/mol. The molecule has 0 aliphatic carbocycles. The number of benzene rings is 2. The Balaban J connectivity index is 1.68. The van der Waals surface area contributed by atoms with Crippen LogP contribution in [-0.4, -0.2) is 17.0 Å². The smallest absolute Gasteiger partial charge is 0.256 e. The van der Waals surface area contributed by atoms with E-state index in [1.54, 1.807) is 24.4 Å². The quantitative estimate of drug-likeness (QED) is 0.645. The van der Waals surface area contributed by atoms with Crippen molar-refractivity contribution >= 4 is 23.1 Å². The zero-order chi connectivity index (χ0) is 19.2. The molecule has 2 aromatic carbocycles. The van der Waals surface area contributed by atoms with Crippen LogP contribution in [0.15, 0.2) is 66.9 Å². The predicted molar refractivity (Wildman–Crippen MR) is 104 cm³/mol. The third-order valence-corrected chi connectivity index (χ3v) is 3.62. The second-order valence-electron chi connectivity index (χ2n) is 6.18. The molecule has 5 nitrogen and oxygen atoms in total. The van der Waals surface area contributed by atoms with Crippen molar-refractivity contribution in [3.05, 3.63) is 78.2 Å². The van der Waals surface area contributed by atoms with Crippen LogP contribution in [0.5, 0.6) is 5.75 Å². The van der Waals surface area contributed by atoms with Gasteiger partial charge in [0.05, 0.1) is 23.7 Å². The van der Waals surface area contributed by atoms with E-state index < -0.39 is 11.7 Å². The van der Waals surface area contributed by atoms with Crippen LogP contribution in [0.2, 0.25) is 0 Å². The standard InChI is InChI=1S/C21H20FN3O2/c1-14(2)27-19-9-4-3-8-18(19)24-17-10-11-20(23-13-17)25-21(26)15-6-5-7-16(22)12-15/h3-14,24H,1-2H3,(H,23,25,26). The summed E-state index contributed by atoms with van der Waals surface area (Å²) < 4.78 is 19.0. The Morgan fingerprint density at radius 3 is 2.59 bits per heavy atom. The van der Waals surface area contributed by atoms with Gasteiger partial charge in [-0.2, -0.15) is 0 Å². The molecule has 3 rings (SSSR count). The van der Waals surface area contributed by atoms with Crippen molar-refractivity contribution in [1.29, 1.82) is 0 Å². The number of hydrogen-bond acceptors (Lipinski definition) is 4. The first-order chi connectivity index (χ1) is 13.0. The highest BCUT2D eigenvalue weighted by atomic mass is 19.1. The second-order valence-corrected chi connectivity index (χ2v) is 6.18. The number of ether oxygens (including phenoxy) is 1. The van der Waals surface area contributed by atoms with Crippen LogP contribution in [0.4, 0.5) is 21.6 Å². The van der Waals surface area contributed by atoms with Crippen LogP contribution in [0.1, 0.15) is 24.2 Å². The van der Waals surface area contributed by atoms with E-state index in [2.05, 4.69) is 15.6 Å². The van der Waals surface area contributed by atoms with E-state index in [1.165, 1.54) is 18.2 Å². The topological polar surface area (TPSA) is 63.2 Å². The number of amides is 1. The first-order valence-corrected chi connectivity index (χ1v) is 8.57. The first-order valence-electron chi connectivity index (χ1n) is 8.57. The summed E-state index contributed by atoms with van der Waals surface area (Å²) in [6.07, 6.45) is 1.67. The molecular formula is C21H20FN3O2. The van der Waals surface area contributed by atoms with Gasteiger partial charge in [0.15, 0.2) is 0 Å². The average molecular weight is 365 g/mol. The molecule has 6 heteroatoms. The summed E-state index contributed by atoms with van der Waals surface area (Å²) in [6, 6.07) is 16.6. The summed E-state index contributed by atoms with van der Waals surface area (Å²) >= 11 is 0. The van der Waals surface area contributed by atoms with E-state index >= 15 is 0 Å². The van der Waals surface area contributed by atoms with Crippen molar-refractivity contribution in [2.24, 2.45) is 0 Å². The Morgan fingerprint density at radius 1 is 1.07 bits per heavy atom. The number of carbonyl (C=O) groups is 1. The van der Waals surface area contributed by atoms with Crippen LogP contribution in [-0.2, 0) is 0 Å². The average Bonchev–Trinajstić information content (AvgIpc) is 2.64. The van der Waals surface area contributed by atoms with Gasteiger partial charge in [0.1, 0.15) is 17.4 Å². The molecule has 0 saturated carbocycles. The minimum Gasteiger partial charge on any atom is -0.489 e. The normalized spacial score (nSPS) is 10.5. The SMILES string of the molecule is CC(C)Oc1ccccc1Nc1ccc(NC(=O)c2cccc(F)c2)nc1. The Labute approximate surface area is 157 Å². The third kappa shape index (κ3) is 5.04. The lowest BCUT2D eigenvalue weighted by Crippen LogP contribution is -2.13. The maximum absolute atomic E-state index is 13.2. The fourth-order valence-corrected chi connectivity index (χ4v) is 2.44. The van der Waals surface area contributed by atoms with Crippen LogP contribution < -0.4 is 15.4 Å². The molecule has 0 unspecified atom stereocenters. The van der Waals surface area contributed by atoms with E-state index in [1.807, 2.05) is 38.1 Å². The van der Waals surface area contributed by atoms with Gasteiger partial charge in [-0.15, -0.1) is 0 Å². The Morgan fingerprint density at radius 2 is 1.89 bits per heavy atom. The van der Waals surface area contributed by atoms with Crippen molar-refractivity contribution < 1.29 is 13.9 Å². The van der Waals surface area contributed by atoms with Gasteiger partial charge < -0.3 is 15.4 Å². The Kier molecular flexibility index (Phi) is 5.66. The molecule has 0 atom stereocenters. The molecule has 138 valence electrons. The molecule has 1 amide bonds. The number of halogens is 1. The van der Waals surface area contributed by atoms with Gasteiger partial charge in [0, 0.05) is 5.56 Å². The fourth-order valence-electron chi connectivity index (χ4n) is 2.44. The third-order valence-electron chi connectivity index (χ3n) is 3.62. The lowest BCUT2D eigenvalue weighted by molar-refractivity contribution is 0.102. The first kappa shape index (κ1) is 18.4. The lowest BCUT2D eigenvalue weighted by atomic mass is 10.2. The summed E-state index contributed by atoms with van der Waals surface area (Å²) in [6.45, 7) is 3.93. The molecule has 0 spiro atoms. The zero-order valence-electron chi connectivity index (χ0n) is 15.1. The number of nitrogens with one attached hydrogen (secondary N) is 2. The molecule has 1 heterocycles. The van der Waals surface area contributed by atoms with Crippen LogP contribution in [0.25, 0.3) is 0 Å². The van der Waals surface area contributed by atoms with Crippen molar-refractivity contribution in [1.82, 2.24) is 4.98 Å². The maximum Gasteiger partial charge on any atom is 0.256 e. The van der Waals surface area contributed by atoms with Crippen molar-refractivity contribution in [3.8, 4) is 5.75 Å². The number of nitrogens with zero attached hydrogens (tertiary/aromatic N) is 1. The highest BCUT2D eigenvalue weighted by Crippen LogP contribution is 2.28. The minimum atomic E-state index is -0.461. The van der Waals surface area contributed by atoms with E-state index in [-0.39, 0.29) is 11.7 Å². The molecule has 0 saturated heterocycles. The van der Waals surface area contributed by atoms with Gasteiger partial charge in [-0.25, -0.2) is 9.37 Å². The number of hydrogen-bond donors (Lipinski definition) is 2. The molecule has 3 aromatic rings. The largest absolute Gasteiger partial charge is 0.489 e. The summed E-state index contributed by atoms with van der Waals surface area (Å²) in [4.78, 5) is 16.4. The molecule has 2 N–H and O–H groups in total. The summed E-state index contributed by atoms with van der Waals surface area (Å²) in [5.41, 5.74) is 1.81. The maximum atomic E-state index is 13.2. The fraction of sp³-hybridized carbons (Fsp3) is 0.143. The summed E-state index contributed by atoms with van der Waals surface area (Å²) in [5, 5.41) is 5.89. The lowest BCUT2D eigenvalue weighted by Gasteiger charge is -2.15. The van der Waals surface area contributed by atoms with Gasteiger partial charge in [-0.05, 0) is 56.3 Å². The number of aromatic nitrogens is 1. The van der Waals surface area contributed by atoms with Gasteiger partial charge >= 0.3 is 0 Å². The van der Waals surface area contributed by atoms with Gasteiger partial charge in [0.25, 0.3) is 5.91 Å². The van der Waals surface area contributed by atoms with Crippen LogP contribution in [0.3, 0.4) is 0 Å². The number of rotatable bonds is 6. The molecule has 0 aliphatic rings. The number of anilines is 3. The van der Waals surface area contributed by atoms with Crippen LogP contribution >= 0.6 is 0 Å². The van der Waals surface area contributed by atoms with E-state index in [4.69, 9.17) is 4.74 Å². The number of carbonyl (C=O) groups excluding carboxylic acids is 1. The highest BCUT2D eigenvalue weighted by Gasteiger charge is 2.09. The van der Waals surface area contributed by atoms with Crippen molar-refractivity contribution in [3.63, 3.8) is 0 Å². The second kappa shape index (κ2) is 8.31. The van der Waals surface area contributed by atoms with Crippen LogP contribution in [0, 0.1) is 5.82 Å². The van der Waals surface area contributed by atoms with E-state index in [9.17, 15) is 9.18 Å². The summed E-state index contributed by atoms with van der Waals surface area (Å²) in [7, 11) is 0. The number of pyridine rings is 1. The monoisotopic (exact) mass is 365 g/mol. The van der Waals surface area contributed by atoms with Gasteiger partial charge in [0.2, 0.25) is 0 Å². The van der Waals surface area contributed by atoms with Gasteiger partial charge in [-0.1, -0.05) is 18.2 Å². The molecule has 0 radical (unpaired) electrons. The molecule has 0 bridgehead atoms. The number of para-hydroxylation sites is 2. The molecule has 1 aromatic heterocycles. The van der Waals surface area contributed by atoms with Crippen molar-refractivity contribution in [2.75, 3.05) is 10.6 Å². The minimum absolute atomic E-state index is 0.0616. The van der Waals surface area contributed by atoms with Crippen molar-refractivity contribution in [2.45, 2.75) is 20.0 Å². The summed E-state index contributed by atoms with van der Waals surface area (Å²) in [5.74, 6) is 0.244. The van der Waals surface area contributed by atoms with E-state index in [0.29, 0.717) is 5.82 Å². The Hall–Kier alpha value is -3.41. The molecule has 0 fully saturated rings. The molecule has 0 aliphatic heterocycles. The predicted octanol–water partition coefficient (Wildman–Crippen LogP) is 5.00. The highest BCUT2D eigenvalue weighted by molar-refractivity contribution is 6.03.